The summed E-state index contributed by atoms with van der Waals surface area (Å²) >= 11 is 0. The van der Waals surface area contributed by atoms with Crippen LogP contribution >= 0.6 is 0 Å². The number of aromatic nitrogens is 4. The lowest BCUT2D eigenvalue weighted by molar-refractivity contribution is 0.881. The smallest absolute Gasteiger partial charge is 0.179 e. The van der Waals surface area contributed by atoms with E-state index < -0.39 is 0 Å². The molecule has 0 saturated heterocycles. The van der Waals surface area contributed by atoms with Gasteiger partial charge in [0, 0.05) is 5.56 Å². The summed E-state index contributed by atoms with van der Waals surface area (Å²) in [5, 5.41) is 13.6. The molecule has 2 rings (SSSR count). The zero-order valence-electron chi connectivity index (χ0n) is 7.77. The SMILES string of the molecule is [CH2]CCc1ccc(-c2nnn[nH]2)cc1. The van der Waals surface area contributed by atoms with E-state index in [9.17, 15) is 0 Å². The molecule has 1 radical (unpaired) electrons. The second kappa shape index (κ2) is 4.00. The predicted molar refractivity (Wildman–Crippen MR) is 53.3 cm³/mol. The fourth-order valence-electron chi connectivity index (χ4n) is 1.31. The van der Waals surface area contributed by atoms with Crippen LogP contribution in [0.1, 0.15) is 12.0 Å². The Kier molecular flexibility index (Phi) is 2.53. The number of aromatic amines is 1. The Morgan fingerprint density at radius 3 is 2.57 bits per heavy atom. The predicted octanol–water partition coefficient (Wildman–Crippen LogP) is 1.63. The molecular weight excluding hydrogens is 176 g/mol. The second-order valence-corrected chi connectivity index (χ2v) is 3.05. The van der Waals surface area contributed by atoms with E-state index in [0.29, 0.717) is 5.82 Å². The van der Waals surface area contributed by atoms with Gasteiger partial charge in [0.15, 0.2) is 5.82 Å². The highest BCUT2D eigenvalue weighted by Crippen LogP contribution is 2.14. The minimum atomic E-state index is 0.700. The summed E-state index contributed by atoms with van der Waals surface area (Å²) in [6.07, 6.45) is 1.93. The van der Waals surface area contributed by atoms with Crippen LogP contribution in [0.3, 0.4) is 0 Å². The van der Waals surface area contributed by atoms with Gasteiger partial charge in [-0.05, 0) is 28.8 Å². The van der Waals surface area contributed by atoms with Crippen molar-refractivity contribution in [3.05, 3.63) is 36.8 Å². The molecule has 14 heavy (non-hydrogen) atoms. The second-order valence-electron chi connectivity index (χ2n) is 3.05. The fraction of sp³-hybridized carbons (Fsp3) is 0.200. The average molecular weight is 187 g/mol. The average Bonchev–Trinajstić information content (AvgIpc) is 2.72. The van der Waals surface area contributed by atoms with Crippen LogP contribution in [0.2, 0.25) is 0 Å². The molecule has 0 unspecified atom stereocenters. The summed E-state index contributed by atoms with van der Waals surface area (Å²) in [6, 6.07) is 8.16. The molecule has 1 aromatic heterocycles. The first kappa shape index (κ1) is 8.87. The van der Waals surface area contributed by atoms with Crippen molar-refractivity contribution < 1.29 is 0 Å². The third-order valence-electron chi connectivity index (χ3n) is 2.04. The number of benzene rings is 1. The monoisotopic (exact) mass is 187 g/mol. The van der Waals surface area contributed by atoms with Gasteiger partial charge < -0.3 is 0 Å². The maximum atomic E-state index is 3.83. The Morgan fingerprint density at radius 1 is 1.21 bits per heavy atom. The van der Waals surface area contributed by atoms with Crippen molar-refractivity contribution in [2.24, 2.45) is 0 Å². The van der Waals surface area contributed by atoms with Crippen LogP contribution in [0.25, 0.3) is 11.4 Å². The number of rotatable bonds is 3. The summed E-state index contributed by atoms with van der Waals surface area (Å²) < 4.78 is 0. The third-order valence-corrected chi connectivity index (χ3v) is 2.04. The Hall–Kier alpha value is -1.71. The molecule has 0 bridgehead atoms. The number of hydrogen-bond acceptors (Lipinski definition) is 3. The Labute approximate surface area is 82.4 Å². The normalized spacial score (nSPS) is 10.4. The van der Waals surface area contributed by atoms with E-state index in [1.54, 1.807) is 0 Å². The lowest BCUT2D eigenvalue weighted by Crippen LogP contribution is -1.85. The summed E-state index contributed by atoms with van der Waals surface area (Å²) in [5.74, 6) is 0.700. The van der Waals surface area contributed by atoms with Crippen molar-refractivity contribution in [3.8, 4) is 11.4 Å². The molecule has 0 spiro atoms. The van der Waals surface area contributed by atoms with E-state index in [1.807, 2.05) is 12.1 Å². The van der Waals surface area contributed by atoms with Gasteiger partial charge in [-0.15, -0.1) is 5.10 Å². The van der Waals surface area contributed by atoms with Crippen molar-refractivity contribution >= 4 is 0 Å². The maximum Gasteiger partial charge on any atom is 0.179 e. The van der Waals surface area contributed by atoms with Crippen molar-refractivity contribution in [1.29, 1.82) is 0 Å². The van der Waals surface area contributed by atoms with Gasteiger partial charge in [0.25, 0.3) is 0 Å². The highest BCUT2D eigenvalue weighted by molar-refractivity contribution is 5.54. The van der Waals surface area contributed by atoms with Gasteiger partial charge >= 0.3 is 0 Å². The van der Waals surface area contributed by atoms with Crippen molar-refractivity contribution in [3.63, 3.8) is 0 Å². The summed E-state index contributed by atoms with van der Waals surface area (Å²) in [7, 11) is 0. The summed E-state index contributed by atoms with van der Waals surface area (Å²) in [6.45, 7) is 3.81. The molecule has 0 aliphatic rings. The van der Waals surface area contributed by atoms with Gasteiger partial charge in [-0.25, -0.2) is 5.10 Å². The van der Waals surface area contributed by atoms with Gasteiger partial charge in [-0.3, -0.25) is 0 Å². The minimum Gasteiger partial charge on any atom is -0.239 e. The number of hydrogen-bond donors (Lipinski definition) is 1. The number of tetrazole rings is 1. The highest BCUT2D eigenvalue weighted by atomic mass is 15.5. The topological polar surface area (TPSA) is 54.5 Å². The standard InChI is InChI=1S/C10H11N4/c1-2-3-8-4-6-9(7-5-8)10-11-13-14-12-10/h4-7H,1-3H2,(H,11,12,13,14). The molecule has 0 amide bonds. The van der Waals surface area contributed by atoms with E-state index in [2.05, 4.69) is 39.7 Å². The highest BCUT2D eigenvalue weighted by Gasteiger charge is 2.00. The van der Waals surface area contributed by atoms with Crippen LogP contribution in [-0.4, -0.2) is 20.6 Å². The molecule has 1 N–H and O–H groups in total. The molecule has 71 valence electrons. The molecule has 0 fully saturated rings. The Balaban J connectivity index is 2.22. The van der Waals surface area contributed by atoms with Gasteiger partial charge in [0.2, 0.25) is 0 Å². The lowest BCUT2D eigenvalue weighted by atomic mass is 10.1. The van der Waals surface area contributed by atoms with E-state index in [4.69, 9.17) is 0 Å². The van der Waals surface area contributed by atoms with Crippen molar-refractivity contribution in [2.45, 2.75) is 12.8 Å². The van der Waals surface area contributed by atoms with Crippen LogP contribution in [0.15, 0.2) is 24.3 Å². The minimum absolute atomic E-state index is 0.700. The number of H-pyrrole nitrogens is 1. The first-order valence-corrected chi connectivity index (χ1v) is 4.52. The van der Waals surface area contributed by atoms with Crippen molar-refractivity contribution in [2.75, 3.05) is 0 Å². The molecule has 0 aliphatic carbocycles. The quantitative estimate of drug-likeness (QED) is 0.794. The number of nitrogens with zero attached hydrogens (tertiary/aromatic N) is 3. The molecule has 0 saturated carbocycles. The van der Waals surface area contributed by atoms with Gasteiger partial charge in [-0.2, -0.15) is 0 Å². The van der Waals surface area contributed by atoms with Gasteiger partial charge in [-0.1, -0.05) is 31.2 Å². The molecule has 0 atom stereocenters. The first-order valence-electron chi connectivity index (χ1n) is 4.52. The van der Waals surface area contributed by atoms with Crippen LogP contribution in [0, 0.1) is 6.92 Å². The van der Waals surface area contributed by atoms with Gasteiger partial charge in [0.05, 0.1) is 0 Å². The van der Waals surface area contributed by atoms with E-state index in [1.165, 1.54) is 5.56 Å². The molecule has 1 heterocycles. The van der Waals surface area contributed by atoms with E-state index in [-0.39, 0.29) is 0 Å². The van der Waals surface area contributed by atoms with Crippen molar-refractivity contribution in [1.82, 2.24) is 20.6 Å². The molecule has 1 aromatic carbocycles. The summed E-state index contributed by atoms with van der Waals surface area (Å²) in [4.78, 5) is 0. The number of aryl methyl sites for hydroxylation is 1. The molecule has 2 aromatic rings. The Bertz CT molecular complexity index is 377. The molecule has 4 nitrogen and oxygen atoms in total. The van der Waals surface area contributed by atoms with E-state index in [0.717, 1.165) is 18.4 Å². The Morgan fingerprint density at radius 2 is 2.00 bits per heavy atom. The first-order chi connectivity index (χ1) is 6.90. The zero-order valence-corrected chi connectivity index (χ0v) is 7.77. The summed E-state index contributed by atoms with van der Waals surface area (Å²) in [5.41, 5.74) is 2.29. The molecule has 0 aliphatic heterocycles. The van der Waals surface area contributed by atoms with Gasteiger partial charge in [0.1, 0.15) is 0 Å². The lowest BCUT2D eigenvalue weighted by Gasteiger charge is -1.99. The van der Waals surface area contributed by atoms with Crippen LogP contribution in [0.4, 0.5) is 0 Å². The maximum absolute atomic E-state index is 3.83. The number of nitrogens with one attached hydrogen (secondary N) is 1. The fourth-order valence-corrected chi connectivity index (χ4v) is 1.31. The van der Waals surface area contributed by atoms with E-state index >= 15 is 0 Å². The zero-order chi connectivity index (χ0) is 9.80. The van der Waals surface area contributed by atoms with Crippen LogP contribution in [-0.2, 0) is 6.42 Å². The molecule has 4 heteroatoms. The third kappa shape index (κ3) is 1.79. The van der Waals surface area contributed by atoms with Crippen LogP contribution < -0.4 is 0 Å². The van der Waals surface area contributed by atoms with Crippen LogP contribution in [0.5, 0.6) is 0 Å². The largest absolute Gasteiger partial charge is 0.239 e. The molecular formula is C10H11N4.